The summed E-state index contributed by atoms with van der Waals surface area (Å²) < 4.78 is 5.12. The van der Waals surface area contributed by atoms with Gasteiger partial charge in [0.05, 0.1) is 24.8 Å². The minimum atomic E-state index is -0.223. The van der Waals surface area contributed by atoms with Gasteiger partial charge in [0.1, 0.15) is 17.9 Å². The molecule has 3 N–H and O–H groups in total. The largest absolute Gasteiger partial charge is 0.497 e. The molecule has 0 saturated carbocycles. The molecule has 0 saturated heterocycles. The second-order valence-electron chi connectivity index (χ2n) is 7.26. The van der Waals surface area contributed by atoms with E-state index in [2.05, 4.69) is 20.6 Å². The Morgan fingerprint density at radius 3 is 2.61 bits per heavy atom. The normalized spacial score (nSPS) is 10.6. The number of aliphatic hydroxyl groups excluding tert-OH is 1. The van der Waals surface area contributed by atoms with Crippen molar-refractivity contribution in [3.05, 3.63) is 89.2 Å². The number of amides is 1. The predicted octanol–water partition coefficient (Wildman–Crippen LogP) is 3.45. The topological polar surface area (TPSA) is 113 Å². The molecule has 0 unspecified atom stereocenters. The molecular weight excluding hydrogens is 420 g/mol. The van der Waals surface area contributed by atoms with Crippen LogP contribution in [0.2, 0.25) is 0 Å². The van der Waals surface area contributed by atoms with Crippen molar-refractivity contribution >= 4 is 34.6 Å². The van der Waals surface area contributed by atoms with Gasteiger partial charge in [-0.1, -0.05) is 12.1 Å². The van der Waals surface area contributed by atoms with E-state index in [4.69, 9.17) is 4.74 Å². The molecule has 33 heavy (non-hydrogen) atoms. The van der Waals surface area contributed by atoms with E-state index in [1.54, 1.807) is 43.5 Å². The van der Waals surface area contributed by atoms with Crippen LogP contribution >= 0.6 is 0 Å². The van der Waals surface area contributed by atoms with Crippen molar-refractivity contribution in [1.82, 2.24) is 9.97 Å². The highest BCUT2D eigenvalue weighted by Crippen LogP contribution is 2.24. The van der Waals surface area contributed by atoms with E-state index in [1.807, 2.05) is 30.6 Å². The molecule has 0 spiro atoms. The minimum absolute atomic E-state index is 0.213. The summed E-state index contributed by atoms with van der Waals surface area (Å²) in [5.74, 6) is 0.985. The number of hydrogen-bond acceptors (Lipinski definition) is 7. The van der Waals surface area contributed by atoms with Gasteiger partial charge in [0, 0.05) is 23.2 Å². The number of fused-ring (bicyclic) bond motifs is 1. The SMILES string of the molecule is COc1ccc(C(=O)Nc2cccc(CNc3ncnc4c([C]=O)cc(CO)cc34)c2)cc1. The van der Waals surface area contributed by atoms with Gasteiger partial charge in [-0.05, 0) is 59.7 Å². The molecule has 165 valence electrons. The maximum absolute atomic E-state index is 12.5. The molecule has 1 aromatic heterocycles. The Kier molecular flexibility index (Phi) is 6.56. The average molecular weight is 441 g/mol. The molecule has 0 aliphatic rings. The van der Waals surface area contributed by atoms with Gasteiger partial charge in [-0.3, -0.25) is 9.59 Å². The van der Waals surface area contributed by atoms with Gasteiger partial charge >= 0.3 is 0 Å². The Morgan fingerprint density at radius 2 is 1.88 bits per heavy atom. The predicted molar refractivity (Wildman–Crippen MR) is 125 cm³/mol. The first-order valence-electron chi connectivity index (χ1n) is 10.2. The fraction of sp³-hybridized carbons (Fsp3) is 0.120. The molecule has 4 rings (SSSR count). The third-order valence-corrected chi connectivity index (χ3v) is 5.09. The maximum atomic E-state index is 12.5. The molecule has 0 aliphatic heterocycles. The van der Waals surface area contributed by atoms with E-state index in [-0.39, 0.29) is 18.1 Å². The maximum Gasteiger partial charge on any atom is 0.255 e. The Hall–Kier alpha value is -4.30. The highest BCUT2D eigenvalue weighted by molar-refractivity contribution is 6.04. The third kappa shape index (κ3) is 4.97. The highest BCUT2D eigenvalue weighted by Gasteiger charge is 2.11. The van der Waals surface area contributed by atoms with Crippen molar-refractivity contribution in [2.24, 2.45) is 0 Å². The number of carbonyl (C=O) groups excluding carboxylic acids is 2. The van der Waals surface area contributed by atoms with Gasteiger partial charge in [0.15, 0.2) is 0 Å². The first kappa shape index (κ1) is 21.9. The quantitative estimate of drug-likeness (QED) is 0.384. The highest BCUT2D eigenvalue weighted by atomic mass is 16.5. The van der Waals surface area contributed by atoms with Crippen LogP contribution in [0.3, 0.4) is 0 Å². The van der Waals surface area contributed by atoms with Gasteiger partial charge in [-0.2, -0.15) is 0 Å². The van der Waals surface area contributed by atoms with Crippen LogP contribution in [0.4, 0.5) is 11.5 Å². The molecule has 1 amide bonds. The first-order chi connectivity index (χ1) is 16.1. The summed E-state index contributed by atoms with van der Waals surface area (Å²) in [5, 5.41) is 16.2. The van der Waals surface area contributed by atoms with Crippen LogP contribution in [-0.4, -0.2) is 34.4 Å². The van der Waals surface area contributed by atoms with Crippen molar-refractivity contribution in [1.29, 1.82) is 0 Å². The van der Waals surface area contributed by atoms with Crippen LogP contribution in [0.15, 0.2) is 67.0 Å². The van der Waals surface area contributed by atoms with Crippen molar-refractivity contribution in [2.75, 3.05) is 17.7 Å². The van der Waals surface area contributed by atoms with E-state index in [1.165, 1.54) is 6.33 Å². The molecule has 0 bridgehead atoms. The van der Waals surface area contributed by atoms with Gasteiger partial charge in [0.2, 0.25) is 6.29 Å². The number of methoxy groups -OCH3 is 1. The van der Waals surface area contributed by atoms with E-state index in [0.717, 1.165) is 5.56 Å². The van der Waals surface area contributed by atoms with Crippen LogP contribution in [0.25, 0.3) is 10.9 Å². The minimum Gasteiger partial charge on any atom is -0.497 e. The van der Waals surface area contributed by atoms with Gasteiger partial charge in [0.25, 0.3) is 5.91 Å². The number of nitrogens with one attached hydrogen (secondary N) is 2. The van der Waals surface area contributed by atoms with Crippen LogP contribution < -0.4 is 15.4 Å². The molecule has 1 heterocycles. The third-order valence-electron chi connectivity index (χ3n) is 5.09. The number of benzene rings is 3. The summed E-state index contributed by atoms with van der Waals surface area (Å²) in [7, 11) is 1.57. The second-order valence-corrected chi connectivity index (χ2v) is 7.26. The van der Waals surface area contributed by atoms with Crippen molar-refractivity contribution in [2.45, 2.75) is 13.2 Å². The fourth-order valence-corrected chi connectivity index (χ4v) is 3.43. The number of aromatic nitrogens is 2. The van der Waals surface area contributed by atoms with E-state index in [9.17, 15) is 14.7 Å². The van der Waals surface area contributed by atoms with Crippen molar-refractivity contribution in [3.63, 3.8) is 0 Å². The lowest BCUT2D eigenvalue weighted by Gasteiger charge is -2.12. The number of nitrogens with zero attached hydrogens (tertiary/aromatic N) is 2. The van der Waals surface area contributed by atoms with Crippen molar-refractivity contribution < 1.29 is 19.4 Å². The molecular formula is C25H21N4O4. The number of hydrogen-bond donors (Lipinski definition) is 3. The number of ether oxygens (including phenoxy) is 1. The lowest BCUT2D eigenvalue weighted by molar-refractivity contribution is 0.102. The monoisotopic (exact) mass is 441 g/mol. The molecule has 3 aromatic carbocycles. The van der Waals surface area contributed by atoms with Crippen LogP contribution in [0.1, 0.15) is 27.0 Å². The lowest BCUT2D eigenvalue weighted by atomic mass is 10.1. The van der Waals surface area contributed by atoms with E-state index < -0.39 is 0 Å². The van der Waals surface area contributed by atoms with Crippen LogP contribution in [0.5, 0.6) is 5.75 Å². The molecule has 8 nitrogen and oxygen atoms in total. The van der Waals surface area contributed by atoms with E-state index >= 15 is 0 Å². The Labute approximate surface area is 190 Å². The smallest absolute Gasteiger partial charge is 0.255 e. The molecule has 0 atom stereocenters. The number of aliphatic hydroxyl groups is 1. The Morgan fingerprint density at radius 1 is 1.06 bits per heavy atom. The molecule has 8 heteroatoms. The Balaban J connectivity index is 1.50. The van der Waals surface area contributed by atoms with Crippen LogP contribution in [-0.2, 0) is 17.9 Å². The average Bonchev–Trinajstić information content (AvgIpc) is 2.87. The summed E-state index contributed by atoms with van der Waals surface area (Å²) in [6, 6.07) is 17.6. The summed E-state index contributed by atoms with van der Waals surface area (Å²) >= 11 is 0. The molecule has 0 fully saturated rings. The number of anilines is 2. The summed E-state index contributed by atoms with van der Waals surface area (Å²) in [6.45, 7) is 0.205. The van der Waals surface area contributed by atoms with E-state index in [0.29, 0.717) is 45.8 Å². The van der Waals surface area contributed by atoms with Gasteiger partial charge in [-0.25, -0.2) is 9.97 Å². The molecule has 1 radical (unpaired) electrons. The zero-order chi connectivity index (χ0) is 23.2. The fourth-order valence-electron chi connectivity index (χ4n) is 3.43. The van der Waals surface area contributed by atoms with Gasteiger partial charge in [-0.15, -0.1) is 0 Å². The second kappa shape index (κ2) is 9.88. The van der Waals surface area contributed by atoms with Gasteiger partial charge < -0.3 is 20.5 Å². The zero-order valence-electron chi connectivity index (χ0n) is 17.8. The van der Waals surface area contributed by atoms with Crippen molar-refractivity contribution in [3.8, 4) is 5.75 Å². The molecule has 4 aromatic rings. The zero-order valence-corrected chi connectivity index (χ0v) is 17.8. The summed E-state index contributed by atoms with van der Waals surface area (Å²) in [6.07, 6.45) is 3.24. The standard InChI is InChI=1S/C25H21N4O4/c1-33-21-7-5-18(6-8-21)25(32)29-20-4-2-3-16(10-20)12-26-24-22-11-17(13-30)9-19(14-31)23(22)27-15-28-24/h2-11,15,30H,12-13H2,1H3,(H,29,32)(H,26,27,28). The van der Waals surface area contributed by atoms with Crippen LogP contribution in [0, 0.1) is 0 Å². The number of rotatable bonds is 8. The summed E-state index contributed by atoms with van der Waals surface area (Å²) in [4.78, 5) is 32.3. The number of carbonyl (C=O) groups is 1. The molecule has 0 aliphatic carbocycles. The first-order valence-corrected chi connectivity index (χ1v) is 10.2. The summed E-state index contributed by atoms with van der Waals surface area (Å²) in [5.41, 5.74) is 3.39. The lowest BCUT2D eigenvalue weighted by Crippen LogP contribution is -2.12. The Bertz CT molecular complexity index is 1310.